The van der Waals surface area contributed by atoms with Gasteiger partial charge in [0.1, 0.15) is 35.4 Å². The number of unbranched alkanes of at least 4 members (excludes halogenated alkanes) is 3. The molecular weight excluding hydrogens is 854 g/mol. The number of ether oxygens (including phenoxy) is 1. The highest BCUT2D eigenvalue weighted by molar-refractivity contribution is 7.80. The SMILES string of the molecule is O=C(O)c1cc(NC(=S)NCCCCCCOP(=O)(O)OP(=O)(O)OCC2OC(n3ccc(=O)[nH]c3=O)C(O)C2O)ccc1-c1c2ccc(=O)cc-2oc2cc(O)ccc12. The molecule has 3 heterocycles. The molecule has 0 saturated carbocycles. The van der Waals surface area contributed by atoms with Crippen molar-refractivity contribution in [3.8, 4) is 28.2 Å². The minimum absolute atomic E-state index is 0.0669. The fraction of sp³-hybridized carbons (Fsp3) is 0.306. The van der Waals surface area contributed by atoms with E-state index in [0.29, 0.717) is 53.6 Å². The smallest absolute Gasteiger partial charge is 0.481 e. The minimum atomic E-state index is -5.27. The molecule has 6 unspecified atom stereocenters. The Bertz CT molecular complexity index is 2650. The van der Waals surface area contributed by atoms with E-state index >= 15 is 0 Å². The van der Waals surface area contributed by atoms with E-state index < -0.39 is 64.0 Å². The fourth-order valence-corrected chi connectivity index (χ4v) is 8.71. The average Bonchev–Trinajstić information content (AvgIpc) is 3.45. The second kappa shape index (κ2) is 18.7. The number of phosphoric ester groups is 2. The van der Waals surface area contributed by atoms with Gasteiger partial charge in [-0.1, -0.05) is 18.9 Å². The predicted octanol–water partition coefficient (Wildman–Crippen LogP) is 3.24. The molecule has 3 aromatic rings. The van der Waals surface area contributed by atoms with E-state index in [1.807, 2.05) is 4.98 Å². The van der Waals surface area contributed by atoms with Crippen molar-refractivity contribution in [3.63, 3.8) is 0 Å². The number of aliphatic hydroxyl groups is 2. The lowest BCUT2D eigenvalue weighted by atomic mass is 9.90. The van der Waals surface area contributed by atoms with Crippen LogP contribution in [0, 0.1) is 0 Å². The highest BCUT2D eigenvalue weighted by Crippen LogP contribution is 2.60. The number of thiocarbonyl (C=S) groups is 1. The monoisotopic (exact) mass is 892 g/mol. The molecule has 0 amide bonds. The van der Waals surface area contributed by atoms with E-state index in [1.54, 1.807) is 24.3 Å². The van der Waals surface area contributed by atoms with Crippen molar-refractivity contribution in [3.05, 3.63) is 103 Å². The summed E-state index contributed by atoms with van der Waals surface area (Å²) in [7, 11) is -10.4. The lowest BCUT2D eigenvalue weighted by molar-refractivity contribution is -0.0543. The average molecular weight is 893 g/mol. The molecule has 6 rings (SSSR count). The number of phenolic OH excluding ortho intramolecular Hbond substituents is 1. The molecule has 320 valence electrons. The quantitative estimate of drug-likeness (QED) is 0.0280. The zero-order valence-corrected chi connectivity index (χ0v) is 33.6. The summed E-state index contributed by atoms with van der Waals surface area (Å²) in [6.45, 7) is -0.841. The number of aliphatic hydroxyl groups excluding tert-OH is 2. The zero-order chi connectivity index (χ0) is 43.4. The molecule has 24 heteroatoms. The Kier molecular flexibility index (Phi) is 13.8. The maximum Gasteiger partial charge on any atom is 0.481 e. The van der Waals surface area contributed by atoms with Gasteiger partial charge in [0.2, 0.25) is 0 Å². The largest absolute Gasteiger partial charge is 0.508 e. The van der Waals surface area contributed by atoms with Gasteiger partial charge in [-0.25, -0.2) is 18.7 Å². The highest BCUT2D eigenvalue weighted by atomic mass is 32.1. The number of carboxylic acid groups (broad SMARTS) is 1. The van der Waals surface area contributed by atoms with Crippen LogP contribution >= 0.6 is 27.9 Å². The van der Waals surface area contributed by atoms with Crippen LogP contribution in [0.4, 0.5) is 5.69 Å². The number of nitrogens with zero attached hydrogens (tertiary/aromatic N) is 1. The Hall–Kier alpha value is -5.09. The van der Waals surface area contributed by atoms with Crippen LogP contribution in [0.3, 0.4) is 0 Å². The summed E-state index contributed by atoms with van der Waals surface area (Å²) in [6, 6.07) is 14.2. The molecule has 1 aliphatic carbocycles. The van der Waals surface area contributed by atoms with E-state index in [-0.39, 0.29) is 46.2 Å². The van der Waals surface area contributed by atoms with Crippen LogP contribution in [0.5, 0.6) is 5.75 Å². The molecule has 0 bridgehead atoms. The summed E-state index contributed by atoms with van der Waals surface area (Å²) in [5, 5.41) is 47.5. The number of aromatic amines is 1. The van der Waals surface area contributed by atoms with Crippen LogP contribution in [-0.4, -0.2) is 88.9 Å². The summed E-state index contributed by atoms with van der Waals surface area (Å²) in [5.41, 5.74) is -0.0944. The van der Waals surface area contributed by atoms with Gasteiger partial charge in [0, 0.05) is 53.1 Å². The van der Waals surface area contributed by atoms with Crippen LogP contribution in [0.2, 0.25) is 0 Å². The number of phenols is 1. The summed E-state index contributed by atoms with van der Waals surface area (Å²) >= 11 is 5.39. The van der Waals surface area contributed by atoms with Gasteiger partial charge in [-0.3, -0.25) is 28.2 Å². The zero-order valence-electron chi connectivity index (χ0n) is 31.0. The number of rotatable bonds is 17. The van der Waals surface area contributed by atoms with E-state index in [9.17, 15) is 58.5 Å². The molecule has 2 aromatic carbocycles. The molecule has 1 saturated heterocycles. The number of fused-ring (bicyclic) bond motifs is 2. The van der Waals surface area contributed by atoms with Crippen molar-refractivity contribution in [2.45, 2.75) is 50.2 Å². The van der Waals surface area contributed by atoms with E-state index in [1.165, 1.54) is 30.3 Å². The Balaban J connectivity index is 0.927. The standard InChI is InChI=1S/C36H38N4O17P2S/c41-20-6-9-23-26(16-20)55-27-17-21(42)7-10-24(27)30(23)22-8-5-19(15-25(22)34(46)47)38-35(60)37-12-3-1-2-4-14-53-58(49,50)57-59(51,52)54-18-28-31(44)32(45)33(56-28)40-13-11-29(43)39-36(40)48/h5-11,13,15-17,28,31-33,41,44-45H,1-4,12,14,18H2,(H,46,47)(H,49,50)(H,51,52)(H2,37,38,60)(H,39,43,48). The molecule has 9 N–H and O–H groups in total. The van der Waals surface area contributed by atoms with Crippen molar-refractivity contribution in [2.24, 2.45) is 0 Å². The van der Waals surface area contributed by atoms with Gasteiger partial charge in [0.25, 0.3) is 5.56 Å². The van der Waals surface area contributed by atoms with Crippen LogP contribution in [0.1, 0.15) is 42.3 Å². The summed E-state index contributed by atoms with van der Waals surface area (Å²) in [4.78, 5) is 69.8. The second-order valence-electron chi connectivity index (χ2n) is 13.4. The number of H-pyrrole nitrogens is 1. The topological polar surface area (TPSA) is 319 Å². The third-order valence-electron chi connectivity index (χ3n) is 9.14. The first-order chi connectivity index (χ1) is 28.4. The first kappa shape index (κ1) is 44.5. The van der Waals surface area contributed by atoms with Crippen LogP contribution in [0.25, 0.3) is 33.4 Å². The highest BCUT2D eigenvalue weighted by Gasteiger charge is 2.46. The van der Waals surface area contributed by atoms with E-state index in [0.717, 1.165) is 16.8 Å². The lowest BCUT2D eigenvalue weighted by Gasteiger charge is -2.19. The van der Waals surface area contributed by atoms with Gasteiger partial charge >= 0.3 is 27.3 Å². The van der Waals surface area contributed by atoms with Crippen molar-refractivity contribution >= 4 is 55.6 Å². The minimum Gasteiger partial charge on any atom is -0.508 e. The molecule has 6 atom stereocenters. The number of aromatic nitrogens is 2. The number of anilines is 1. The second-order valence-corrected chi connectivity index (χ2v) is 16.8. The van der Waals surface area contributed by atoms with Gasteiger partial charge in [-0.15, -0.1) is 0 Å². The molecule has 21 nitrogen and oxygen atoms in total. The van der Waals surface area contributed by atoms with E-state index in [2.05, 4.69) is 19.5 Å². The van der Waals surface area contributed by atoms with Gasteiger partial charge in [0.15, 0.2) is 16.8 Å². The fourth-order valence-electron chi connectivity index (χ4n) is 6.37. The lowest BCUT2D eigenvalue weighted by Crippen LogP contribution is -2.37. The number of hydrogen-bond donors (Lipinski definition) is 9. The Morgan fingerprint density at radius 3 is 2.38 bits per heavy atom. The normalized spacial score (nSPS) is 19.8. The molecule has 1 fully saturated rings. The first-order valence-corrected chi connectivity index (χ1v) is 21.4. The van der Waals surface area contributed by atoms with Crippen LogP contribution < -0.4 is 27.3 Å². The molecular formula is C36H38N4O17P2S. The van der Waals surface area contributed by atoms with Crippen molar-refractivity contribution in [2.75, 3.05) is 25.1 Å². The van der Waals surface area contributed by atoms with Crippen molar-refractivity contribution < 1.29 is 66.6 Å². The number of nitrogens with one attached hydrogen (secondary N) is 3. The number of aromatic hydroxyl groups is 1. The summed E-state index contributed by atoms with van der Waals surface area (Å²) in [6.07, 6.45) is -3.47. The Labute approximate surface area is 343 Å². The predicted molar refractivity (Wildman–Crippen MR) is 216 cm³/mol. The maximum absolute atomic E-state index is 12.5. The van der Waals surface area contributed by atoms with Crippen LogP contribution in [0.15, 0.2) is 85.7 Å². The molecule has 3 aliphatic rings. The molecule has 2 aliphatic heterocycles. The number of phosphoric acid groups is 2. The Morgan fingerprint density at radius 1 is 0.900 bits per heavy atom. The molecule has 0 spiro atoms. The number of hydrogen-bond acceptors (Lipinski definition) is 15. The third kappa shape index (κ3) is 10.8. The third-order valence-corrected chi connectivity index (χ3v) is 12.0. The molecule has 0 radical (unpaired) electrons. The number of carboxylic acids is 1. The Morgan fingerprint density at radius 2 is 1.63 bits per heavy atom. The van der Waals surface area contributed by atoms with Gasteiger partial charge < -0.3 is 50.0 Å². The number of carbonyl (C=O) groups is 1. The van der Waals surface area contributed by atoms with Gasteiger partial charge in [-0.05, 0) is 67.0 Å². The number of benzene rings is 3. The molecule has 60 heavy (non-hydrogen) atoms. The van der Waals surface area contributed by atoms with Gasteiger partial charge in [0.05, 0.1) is 18.8 Å². The molecule has 1 aromatic heterocycles. The van der Waals surface area contributed by atoms with Gasteiger partial charge in [-0.2, -0.15) is 4.31 Å². The van der Waals surface area contributed by atoms with E-state index in [4.69, 9.17) is 25.9 Å². The number of aromatic carboxylic acids is 1. The van der Waals surface area contributed by atoms with Crippen molar-refractivity contribution in [1.29, 1.82) is 0 Å². The first-order valence-electron chi connectivity index (χ1n) is 18.0. The van der Waals surface area contributed by atoms with Crippen molar-refractivity contribution in [1.82, 2.24) is 14.9 Å². The maximum atomic E-state index is 12.5. The van der Waals surface area contributed by atoms with Crippen LogP contribution in [-0.2, 0) is 27.2 Å². The summed E-state index contributed by atoms with van der Waals surface area (Å²) < 4.78 is 50.4. The summed E-state index contributed by atoms with van der Waals surface area (Å²) in [5.74, 6) is -1.08.